The first-order valence-corrected chi connectivity index (χ1v) is 10.5. The zero-order chi connectivity index (χ0) is 21.8. The molecule has 0 saturated carbocycles. The molecule has 0 aliphatic carbocycles. The number of anilines is 1. The number of aryl methyl sites for hydroxylation is 2. The van der Waals surface area contributed by atoms with Crippen molar-refractivity contribution in [1.29, 1.82) is 0 Å². The predicted octanol–water partition coefficient (Wildman–Crippen LogP) is 4.50. The molecular weight excluding hydrogens is 386 g/mol. The maximum atomic E-state index is 13.0. The van der Waals surface area contributed by atoms with E-state index in [-0.39, 0.29) is 18.0 Å². The van der Waals surface area contributed by atoms with Crippen LogP contribution in [0.2, 0.25) is 0 Å². The Morgan fingerprint density at radius 2 is 1.65 bits per heavy atom. The molecule has 0 aliphatic heterocycles. The maximum Gasteiger partial charge on any atom is 0.275 e. The molecule has 5 nitrogen and oxygen atoms in total. The van der Waals surface area contributed by atoms with E-state index in [9.17, 15) is 9.59 Å². The highest BCUT2D eigenvalue weighted by Crippen LogP contribution is 2.21. The quantitative estimate of drug-likeness (QED) is 0.508. The van der Waals surface area contributed by atoms with Crippen molar-refractivity contribution < 1.29 is 4.79 Å². The van der Waals surface area contributed by atoms with Gasteiger partial charge in [-0.05, 0) is 36.1 Å². The minimum Gasteiger partial charge on any atom is -0.324 e. The monoisotopic (exact) mass is 411 g/mol. The highest BCUT2D eigenvalue weighted by molar-refractivity contribution is 5.92. The molecule has 0 spiro atoms. The zero-order valence-electron chi connectivity index (χ0n) is 17.8. The van der Waals surface area contributed by atoms with Crippen molar-refractivity contribution in [2.24, 2.45) is 0 Å². The molecule has 0 saturated heterocycles. The standard InChI is InChI=1S/C26H25N3O2/c1-3-20-13-9-10-18(2)25(20)27-24(30)17-29-26(31)22-15-8-7-14-21(22)23(28-29)16-19-11-5-4-6-12-19/h4-15H,3,16-17H2,1-2H3,(H,27,30). The van der Waals surface area contributed by atoms with Gasteiger partial charge in [-0.1, -0.05) is 73.7 Å². The summed E-state index contributed by atoms with van der Waals surface area (Å²) in [6.07, 6.45) is 1.40. The summed E-state index contributed by atoms with van der Waals surface area (Å²) in [7, 11) is 0. The second-order valence-corrected chi connectivity index (χ2v) is 7.63. The third-order valence-electron chi connectivity index (χ3n) is 5.46. The van der Waals surface area contributed by atoms with E-state index < -0.39 is 0 Å². The Kier molecular flexibility index (Phi) is 5.94. The Morgan fingerprint density at radius 1 is 0.935 bits per heavy atom. The van der Waals surface area contributed by atoms with Gasteiger partial charge >= 0.3 is 0 Å². The number of benzene rings is 3. The molecule has 0 aliphatic rings. The topological polar surface area (TPSA) is 64.0 Å². The number of nitrogens with one attached hydrogen (secondary N) is 1. The van der Waals surface area contributed by atoms with Gasteiger partial charge in [-0.25, -0.2) is 4.68 Å². The van der Waals surface area contributed by atoms with Crippen molar-refractivity contribution in [1.82, 2.24) is 9.78 Å². The summed E-state index contributed by atoms with van der Waals surface area (Å²) < 4.78 is 1.28. The minimum atomic E-state index is -0.264. The lowest BCUT2D eigenvalue weighted by molar-refractivity contribution is -0.117. The molecule has 4 rings (SSSR count). The molecule has 31 heavy (non-hydrogen) atoms. The molecule has 5 heteroatoms. The molecule has 1 aromatic heterocycles. The molecule has 4 aromatic rings. The highest BCUT2D eigenvalue weighted by atomic mass is 16.2. The summed E-state index contributed by atoms with van der Waals surface area (Å²) >= 11 is 0. The fraction of sp³-hybridized carbons (Fsp3) is 0.192. The van der Waals surface area contributed by atoms with Crippen LogP contribution < -0.4 is 10.9 Å². The molecule has 156 valence electrons. The van der Waals surface area contributed by atoms with Crippen molar-refractivity contribution in [2.75, 3.05) is 5.32 Å². The Labute approximate surface area is 181 Å². The number of fused-ring (bicyclic) bond motifs is 1. The molecule has 1 N–H and O–H groups in total. The average molecular weight is 412 g/mol. The molecule has 1 amide bonds. The molecule has 3 aromatic carbocycles. The SMILES string of the molecule is CCc1cccc(C)c1NC(=O)Cn1nc(Cc2ccccc2)c2ccccc2c1=O. The number of rotatable bonds is 6. The zero-order valence-corrected chi connectivity index (χ0v) is 17.8. The van der Waals surface area contributed by atoms with Crippen molar-refractivity contribution in [3.63, 3.8) is 0 Å². The van der Waals surface area contributed by atoms with Gasteiger partial charge in [0.05, 0.1) is 11.1 Å². The van der Waals surface area contributed by atoms with E-state index in [1.54, 1.807) is 6.07 Å². The second-order valence-electron chi connectivity index (χ2n) is 7.63. The van der Waals surface area contributed by atoms with Crippen LogP contribution in [0.4, 0.5) is 5.69 Å². The van der Waals surface area contributed by atoms with Crippen molar-refractivity contribution in [3.05, 3.63) is 106 Å². The lowest BCUT2D eigenvalue weighted by Gasteiger charge is -2.14. The van der Waals surface area contributed by atoms with Crippen LogP contribution in [-0.4, -0.2) is 15.7 Å². The lowest BCUT2D eigenvalue weighted by Crippen LogP contribution is -2.31. The fourth-order valence-electron chi connectivity index (χ4n) is 3.85. The van der Waals surface area contributed by atoms with Gasteiger partial charge < -0.3 is 5.32 Å². The van der Waals surface area contributed by atoms with Crippen LogP contribution in [0.1, 0.15) is 29.3 Å². The first-order valence-electron chi connectivity index (χ1n) is 10.5. The lowest BCUT2D eigenvalue weighted by atomic mass is 10.0. The molecule has 0 radical (unpaired) electrons. The number of para-hydroxylation sites is 1. The number of amides is 1. The number of hydrogen-bond acceptors (Lipinski definition) is 3. The molecule has 0 atom stereocenters. The highest BCUT2D eigenvalue weighted by Gasteiger charge is 2.15. The van der Waals surface area contributed by atoms with E-state index >= 15 is 0 Å². The average Bonchev–Trinajstić information content (AvgIpc) is 2.79. The van der Waals surface area contributed by atoms with Gasteiger partial charge in [0, 0.05) is 17.5 Å². The normalized spacial score (nSPS) is 10.9. The van der Waals surface area contributed by atoms with Gasteiger partial charge in [0.15, 0.2) is 0 Å². The van der Waals surface area contributed by atoms with Crippen molar-refractivity contribution in [3.8, 4) is 0 Å². The van der Waals surface area contributed by atoms with Crippen LogP contribution >= 0.6 is 0 Å². The van der Waals surface area contributed by atoms with Crippen LogP contribution in [0.15, 0.2) is 77.6 Å². The summed E-state index contributed by atoms with van der Waals surface area (Å²) in [4.78, 5) is 25.9. The number of nitrogens with zero attached hydrogens (tertiary/aromatic N) is 2. The maximum absolute atomic E-state index is 13.0. The third-order valence-corrected chi connectivity index (χ3v) is 5.46. The van der Waals surface area contributed by atoms with E-state index in [1.807, 2.05) is 73.7 Å². The Bertz CT molecular complexity index is 1290. The van der Waals surface area contributed by atoms with Crippen molar-refractivity contribution in [2.45, 2.75) is 33.2 Å². The van der Waals surface area contributed by atoms with Crippen LogP contribution in [0.25, 0.3) is 10.8 Å². The number of carbonyl (C=O) groups excluding carboxylic acids is 1. The smallest absolute Gasteiger partial charge is 0.275 e. The van der Waals surface area contributed by atoms with Crippen LogP contribution in [0.3, 0.4) is 0 Å². The third kappa shape index (κ3) is 4.40. The van der Waals surface area contributed by atoms with Gasteiger partial charge in [-0.3, -0.25) is 9.59 Å². The van der Waals surface area contributed by atoms with Gasteiger partial charge in [0.2, 0.25) is 5.91 Å². The minimum absolute atomic E-state index is 0.136. The predicted molar refractivity (Wildman–Crippen MR) is 124 cm³/mol. The Balaban J connectivity index is 1.69. The van der Waals surface area contributed by atoms with E-state index in [1.165, 1.54) is 4.68 Å². The van der Waals surface area contributed by atoms with Crippen molar-refractivity contribution >= 4 is 22.4 Å². The van der Waals surface area contributed by atoms with Gasteiger partial charge in [-0.15, -0.1) is 0 Å². The fourth-order valence-corrected chi connectivity index (χ4v) is 3.85. The van der Waals surface area contributed by atoms with Gasteiger partial charge in [0.25, 0.3) is 5.56 Å². The summed E-state index contributed by atoms with van der Waals surface area (Å²) in [5.74, 6) is -0.264. The van der Waals surface area contributed by atoms with Crippen LogP contribution in [-0.2, 0) is 24.2 Å². The molecule has 0 fully saturated rings. The number of hydrogen-bond donors (Lipinski definition) is 1. The van der Waals surface area contributed by atoms with Gasteiger partial charge in [0.1, 0.15) is 6.54 Å². The summed E-state index contributed by atoms with van der Waals surface area (Å²) in [6.45, 7) is 3.88. The first-order chi connectivity index (χ1) is 15.1. The summed E-state index contributed by atoms with van der Waals surface area (Å²) in [5.41, 5.74) is 4.49. The summed E-state index contributed by atoms with van der Waals surface area (Å²) in [5, 5.41) is 8.96. The van der Waals surface area contributed by atoms with E-state index in [0.29, 0.717) is 11.8 Å². The Hall–Kier alpha value is -3.73. The molecule has 0 bridgehead atoms. The van der Waals surface area contributed by atoms with Gasteiger partial charge in [-0.2, -0.15) is 5.10 Å². The molecule has 0 unspecified atom stereocenters. The summed E-state index contributed by atoms with van der Waals surface area (Å²) in [6, 6.07) is 23.4. The van der Waals surface area contributed by atoms with E-state index in [2.05, 4.69) is 17.3 Å². The second kappa shape index (κ2) is 8.96. The first kappa shape index (κ1) is 20.5. The molecular formula is C26H25N3O2. The van der Waals surface area contributed by atoms with E-state index in [0.717, 1.165) is 39.9 Å². The number of carbonyl (C=O) groups is 1. The number of aromatic nitrogens is 2. The largest absolute Gasteiger partial charge is 0.324 e. The Morgan fingerprint density at radius 3 is 2.39 bits per heavy atom. The van der Waals surface area contributed by atoms with Crippen LogP contribution in [0, 0.1) is 6.92 Å². The van der Waals surface area contributed by atoms with Crippen LogP contribution in [0.5, 0.6) is 0 Å². The molecule has 1 heterocycles. The van der Waals surface area contributed by atoms with E-state index in [4.69, 9.17) is 0 Å².